The monoisotopic (exact) mass is 680 g/mol. The van der Waals surface area contributed by atoms with Crippen molar-refractivity contribution in [1.82, 2.24) is 0 Å². The second-order valence-electron chi connectivity index (χ2n) is 14.9. The molecule has 0 bridgehead atoms. The van der Waals surface area contributed by atoms with Crippen LogP contribution in [0.4, 0.5) is 11.4 Å². The van der Waals surface area contributed by atoms with E-state index in [-0.39, 0.29) is 0 Å². The minimum atomic E-state index is 0.363. The van der Waals surface area contributed by atoms with Gasteiger partial charge in [-0.05, 0) is 69.2 Å². The maximum Gasteiger partial charge on any atom is 0.0972 e. The van der Waals surface area contributed by atoms with Gasteiger partial charge >= 0.3 is 0 Å². The molecule has 52 heavy (non-hydrogen) atoms. The van der Waals surface area contributed by atoms with E-state index in [0.717, 1.165) is 45.1 Å². The summed E-state index contributed by atoms with van der Waals surface area (Å²) in [5.74, 6) is 1.45. The van der Waals surface area contributed by atoms with Crippen LogP contribution in [0.3, 0.4) is 0 Å². The van der Waals surface area contributed by atoms with Crippen molar-refractivity contribution >= 4 is 22.8 Å². The van der Waals surface area contributed by atoms with Crippen molar-refractivity contribution in [3.8, 4) is 22.3 Å². The van der Waals surface area contributed by atoms with Gasteiger partial charge in [0.15, 0.2) is 0 Å². The first-order valence-corrected chi connectivity index (χ1v) is 18.9. The van der Waals surface area contributed by atoms with Crippen LogP contribution < -0.4 is 0 Å². The number of hydrogen-bond donors (Lipinski definition) is 0. The Balaban J connectivity index is 1.68. The fourth-order valence-corrected chi connectivity index (χ4v) is 7.23. The molecule has 6 aromatic rings. The van der Waals surface area contributed by atoms with Crippen LogP contribution in [0.2, 0.25) is 0 Å². The maximum absolute atomic E-state index is 5.66. The van der Waals surface area contributed by atoms with Crippen molar-refractivity contribution in [3.63, 3.8) is 0 Å². The van der Waals surface area contributed by atoms with Gasteiger partial charge in [-0.15, -0.1) is 0 Å². The SMILES string of the molecule is CC(C)c1cccc(C(C)C)c1-c1ccccc1N=C(C(=Nc1ccccc1-c1c(C(C)C)cccc1C(C)C)c1ccccc1)c1ccccc1. The average Bonchev–Trinajstić information content (AvgIpc) is 3.16. The zero-order valence-electron chi connectivity index (χ0n) is 32.1. The van der Waals surface area contributed by atoms with Crippen LogP contribution in [-0.2, 0) is 0 Å². The smallest absolute Gasteiger partial charge is 0.0972 e. The van der Waals surface area contributed by atoms with Crippen molar-refractivity contribution in [1.29, 1.82) is 0 Å². The van der Waals surface area contributed by atoms with Gasteiger partial charge in [0.1, 0.15) is 0 Å². The summed E-state index contributed by atoms with van der Waals surface area (Å²) in [6.07, 6.45) is 0. The summed E-state index contributed by atoms with van der Waals surface area (Å²) in [6, 6.07) is 51.9. The Kier molecular flexibility index (Phi) is 11.5. The number of nitrogens with zero attached hydrogens (tertiary/aromatic N) is 2. The maximum atomic E-state index is 5.66. The molecule has 0 atom stereocenters. The van der Waals surface area contributed by atoms with E-state index >= 15 is 0 Å². The molecule has 262 valence electrons. The van der Waals surface area contributed by atoms with E-state index in [1.807, 2.05) is 0 Å². The summed E-state index contributed by atoms with van der Waals surface area (Å²) in [5, 5.41) is 0. The first kappa shape index (κ1) is 36.5. The van der Waals surface area contributed by atoms with Crippen LogP contribution in [0, 0.1) is 0 Å². The Labute approximate surface area is 312 Å². The molecule has 0 aliphatic rings. The van der Waals surface area contributed by atoms with Crippen LogP contribution in [-0.4, -0.2) is 11.4 Å². The van der Waals surface area contributed by atoms with Crippen molar-refractivity contribution in [2.75, 3.05) is 0 Å². The lowest BCUT2D eigenvalue weighted by Gasteiger charge is -2.22. The van der Waals surface area contributed by atoms with Gasteiger partial charge in [-0.2, -0.15) is 0 Å². The topological polar surface area (TPSA) is 24.7 Å². The molecule has 0 unspecified atom stereocenters. The minimum Gasteiger partial charge on any atom is -0.245 e. The molecule has 0 aliphatic carbocycles. The number of benzene rings is 6. The molecule has 0 saturated carbocycles. The van der Waals surface area contributed by atoms with E-state index in [9.17, 15) is 0 Å². The molecule has 0 spiro atoms. The molecule has 0 saturated heterocycles. The van der Waals surface area contributed by atoms with Gasteiger partial charge in [-0.1, -0.05) is 189 Å². The van der Waals surface area contributed by atoms with E-state index in [4.69, 9.17) is 9.98 Å². The van der Waals surface area contributed by atoms with E-state index in [1.54, 1.807) is 0 Å². The van der Waals surface area contributed by atoms with Crippen LogP contribution in [0.15, 0.2) is 156 Å². The predicted octanol–water partition coefficient (Wildman–Crippen LogP) is 14.5. The van der Waals surface area contributed by atoms with Gasteiger partial charge in [0, 0.05) is 22.3 Å². The van der Waals surface area contributed by atoms with E-state index in [1.165, 1.54) is 33.4 Å². The third kappa shape index (κ3) is 7.77. The summed E-state index contributed by atoms with van der Waals surface area (Å²) >= 11 is 0. The Morgan fingerprint density at radius 3 is 0.923 bits per heavy atom. The highest BCUT2D eigenvalue weighted by molar-refractivity contribution is 6.54. The first-order valence-electron chi connectivity index (χ1n) is 18.9. The molecule has 2 nitrogen and oxygen atoms in total. The summed E-state index contributed by atoms with van der Waals surface area (Å²) in [7, 11) is 0. The summed E-state index contributed by atoms with van der Waals surface area (Å²) in [4.78, 5) is 11.3. The molecule has 0 radical (unpaired) electrons. The second-order valence-corrected chi connectivity index (χ2v) is 14.9. The van der Waals surface area contributed by atoms with Gasteiger partial charge in [0.2, 0.25) is 0 Å². The molecule has 0 N–H and O–H groups in total. The highest BCUT2D eigenvalue weighted by Gasteiger charge is 2.22. The van der Waals surface area contributed by atoms with E-state index in [0.29, 0.717) is 23.7 Å². The average molecular weight is 681 g/mol. The van der Waals surface area contributed by atoms with Crippen LogP contribution >= 0.6 is 0 Å². The van der Waals surface area contributed by atoms with Crippen LogP contribution in [0.1, 0.15) is 112 Å². The largest absolute Gasteiger partial charge is 0.245 e. The number of hydrogen-bond acceptors (Lipinski definition) is 2. The number of aliphatic imine (C=N–C) groups is 2. The molecule has 6 rings (SSSR count). The van der Waals surface area contributed by atoms with Crippen molar-refractivity contribution in [3.05, 3.63) is 179 Å². The Hall–Kier alpha value is -5.34. The molecule has 6 aromatic carbocycles. The Bertz CT molecular complexity index is 1970. The number of rotatable bonds is 11. The second kappa shape index (κ2) is 16.3. The Morgan fingerprint density at radius 1 is 0.327 bits per heavy atom. The molecule has 2 heteroatoms. The molecule has 0 fully saturated rings. The minimum absolute atomic E-state index is 0.363. The third-order valence-electron chi connectivity index (χ3n) is 9.88. The summed E-state index contributed by atoms with van der Waals surface area (Å²) < 4.78 is 0. The van der Waals surface area contributed by atoms with Gasteiger partial charge in [0.25, 0.3) is 0 Å². The Morgan fingerprint density at radius 2 is 0.615 bits per heavy atom. The lowest BCUT2D eigenvalue weighted by molar-refractivity contribution is 0.838. The lowest BCUT2D eigenvalue weighted by Crippen LogP contribution is -2.17. The van der Waals surface area contributed by atoms with Gasteiger partial charge < -0.3 is 0 Å². The fraction of sp³-hybridized carbons (Fsp3) is 0.240. The van der Waals surface area contributed by atoms with Crippen LogP contribution in [0.25, 0.3) is 22.3 Å². The van der Waals surface area contributed by atoms with Crippen molar-refractivity contribution < 1.29 is 0 Å². The molecular weight excluding hydrogens is 629 g/mol. The molecule has 0 aliphatic heterocycles. The summed E-state index contributed by atoms with van der Waals surface area (Å²) in [5.41, 5.74) is 15.8. The molecular formula is C50H52N2. The van der Waals surface area contributed by atoms with Crippen molar-refractivity contribution in [2.24, 2.45) is 9.98 Å². The third-order valence-corrected chi connectivity index (χ3v) is 9.88. The van der Waals surface area contributed by atoms with Gasteiger partial charge in [-0.25, -0.2) is 9.98 Å². The fourth-order valence-electron chi connectivity index (χ4n) is 7.23. The predicted molar refractivity (Wildman–Crippen MR) is 225 cm³/mol. The van der Waals surface area contributed by atoms with E-state index < -0.39 is 0 Å². The quantitative estimate of drug-likeness (QED) is 0.122. The molecule has 0 amide bonds. The van der Waals surface area contributed by atoms with Gasteiger partial charge in [-0.3, -0.25) is 0 Å². The van der Waals surface area contributed by atoms with Crippen molar-refractivity contribution in [2.45, 2.75) is 79.1 Å². The first-order chi connectivity index (χ1) is 25.2. The normalized spacial score (nSPS) is 12.4. The van der Waals surface area contributed by atoms with Crippen LogP contribution in [0.5, 0.6) is 0 Å². The molecule has 0 heterocycles. The standard InChI is InChI=1S/C50H52N2/c1-33(2)39-27-19-28-40(34(3)4)47(39)43-25-15-17-31-45(43)51-49(37-21-11-9-12-22-37)50(38-23-13-10-14-24-38)52-46-32-18-16-26-44(46)48-41(35(5)6)29-20-30-42(48)36(7)8/h9-36H,1-8H3. The van der Waals surface area contributed by atoms with Gasteiger partial charge in [0.05, 0.1) is 22.8 Å². The number of para-hydroxylation sites is 2. The molecule has 0 aromatic heterocycles. The zero-order chi connectivity index (χ0) is 36.8. The lowest BCUT2D eigenvalue weighted by atomic mass is 9.84. The highest BCUT2D eigenvalue weighted by atomic mass is 14.8. The summed E-state index contributed by atoms with van der Waals surface area (Å²) in [6.45, 7) is 18.3. The zero-order valence-corrected chi connectivity index (χ0v) is 32.1. The van der Waals surface area contributed by atoms with E-state index in [2.05, 4.69) is 201 Å². The highest BCUT2D eigenvalue weighted by Crippen LogP contribution is 2.43.